The summed E-state index contributed by atoms with van der Waals surface area (Å²) in [7, 11) is 0. The van der Waals surface area contributed by atoms with Crippen LogP contribution >= 0.6 is 12.6 Å². The van der Waals surface area contributed by atoms with Gasteiger partial charge >= 0.3 is 0 Å². The minimum absolute atomic E-state index is 0.190. The van der Waals surface area contributed by atoms with Crippen LogP contribution in [0.15, 0.2) is 30.3 Å². The Kier molecular flexibility index (Phi) is 4.92. The molecular formula is C16H23NOS. The number of hydrogen-bond donors (Lipinski definition) is 1. The molecule has 0 N–H and O–H groups in total. The van der Waals surface area contributed by atoms with E-state index >= 15 is 0 Å². The van der Waals surface area contributed by atoms with E-state index in [1.165, 1.54) is 5.56 Å². The van der Waals surface area contributed by atoms with Crippen LogP contribution in [-0.4, -0.2) is 29.1 Å². The quantitative estimate of drug-likeness (QED) is 0.839. The van der Waals surface area contributed by atoms with Gasteiger partial charge in [0.05, 0.1) is 5.25 Å². The summed E-state index contributed by atoms with van der Waals surface area (Å²) >= 11 is 4.50. The standard InChI is InChI=1S/C16H23NOS/c1-12(2)14-8-9-17(11-14)16(18)15(19)10-13-6-4-3-5-7-13/h3-7,12,14-15,19H,8-11H2,1-2H3. The molecule has 3 heteroatoms. The Morgan fingerprint density at radius 2 is 2.05 bits per heavy atom. The van der Waals surface area contributed by atoms with Gasteiger partial charge in [-0.25, -0.2) is 0 Å². The number of likely N-dealkylation sites (tertiary alicyclic amines) is 1. The van der Waals surface area contributed by atoms with E-state index in [0.717, 1.165) is 19.5 Å². The van der Waals surface area contributed by atoms with Gasteiger partial charge in [0.15, 0.2) is 0 Å². The summed E-state index contributed by atoms with van der Waals surface area (Å²) in [4.78, 5) is 14.4. The first kappa shape index (κ1) is 14.4. The van der Waals surface area contributed by atoms with Gasteiger partial charge < -0.3 is 4.90 Å². The molecule has 104 valence electrons. The Hall–Kier alpha value is -0.960. The minimum atomic E-state index is -0.215. The van der Waals surface area contributed by atoms with E-state index in [4.69, 9.17) is 0 Å². The van der Waals surface area contributed by atoms with Crippen molar-refractivity contribution in [1.82, 2.24) is 4.90 Å². The van der Waals surface area contributed by atoms with Gasteiger partial charge in [0, 0.05) is 13.1 Å². The molecule has 2 atom stereocenters. The molecule has 1 saturated heterocycles. The number of benzene rings is 1. The van der Waals surface area contributed by atoms with Crippen LogP contribution in [0.2, 0.25) is 0 Å². The highest BCUT2D eigenvalue weighted by Gasteiger charge is 2.30. The lowest BCUT2D eigenvalue weighted by atomic mass is 9.95. The normalized spacial score (nSPS) is 20.8. The van der Waals surface area contributed by atoms with Crippen LogP contribution in [0.5, 0.6) is 0 Å². The maximum atomic E-state index is 12.4. The highest BCUT2D eigenvalue weighted by molar-refractivity contribution is 7.81. The highest BCUT2D eigenvalue weighted by atomic mass is 32.1. The Balaban J connectivity index is 1.90. The van der Waals surface area contributed by atoms with E-state index in [1.807, 2.05) is 23.1 Å². The Bertz CT molecular complexity index is 418. The highest BCUT2D eigenvalue weighted by Crippen LogP contribution is 2.25. The fourth-order valence-electron chi connectivity index (χ4n) is 2.67. The topological polar surface area (TPSA) is 20.3 Å². The van der Waals surface area contributed by atoms with Crippen molar-refractivity contribution >= 4 is 18.5 Å². The van der Waals surface area contributed by atoms with E-state index in [1.54, 1.807) is 0 Å². The molecule has 0 aromatic heterocycles. The zero-order valence-corrected chi connectivity index (χ0v) is 12.6. The second-order valence-corrected chi connectivity index (χ2v) is 6.41. The third-order valence-electron chi connectivity index (χ3n) is 4.04. The molecule has 1 aliphatic heterocycles. The van der Waals surface area contributed by atoms with Crippen LogP contribution in [0.25, 0.3) is 0 Å². The van der Waals surface area contributed by atoms with Crippen molar-refractivity contribution in [2.75, 3.05) is 13.1 Å². The first-order valence-electron chi connectivity index (χ1n) is 7.08. The van der Waals surface area contributed by atoms with E-state index in [9.17, 15) is 4.79 Å². The molecule has 1 aromatic carbocycles. The molecule has 0 radical (unpaired) electrons. The molecule has 2 unspecified atom stereocenters. The zero-order chi connectivity index (χ0) is 13.8. The lowest BCUT2D eigenvalue weighted by Crippen LogP contribution is -2.36. The van der Waals surface area contributed by atoms with Crippen molar-refractivity contribution in [3.8, 4) is 0 Å². The largest absolute Gasteiger partial charge is 0.341 e. The smallest absolute Gasteiger partial charge is 0.235 e. The van der Waals surface area contributed by atoms with Gasteiger partial charge in [-0.2, -0.15) is 12.6 Å². The number of thiol groups is 1. The van der Waals surface area contributed by atoms with Crippen LogP contribution in [0.3, 0.4) is 0 Å². The van der Waals surface area contributed by atoms with Crippen LogP contribution < -0.4 is 0 Å². The molecule has 1 aromatic rings. The van der Waals surface area contributed by atoms with Crippen molar-refractivity contribution in [2.45, 2.75) is 31.9 Å². The van der Waals surface area contributed by atoms with Crippen molar-refractivity contribution in [2.24, 2.45) is 11.8 Å². The molecular weight excluding hydrogens is 254 g/mol. The summed E-state index contributed by atoms with van der Waals surface area (Å²) in [6.07, 6.45) is 1.85. The molecule has 1 amide bonds. The van der Waals surface area contributed by atoms with Gasteiger partial charge in [-0.15, -0.1) is 0 Å². The molecule has 1 fully saturated rings. The first-order valence-corrected chi connectivity index (χ1v) is 7.60. The maximum absolute atomic E-state index is 12.4. The predicted octanol–water partition coefficient (Wildman–Crippen LogP) is 3.03. The molecule has 1 aliphatic rings. The predicted molar refractivity (Wildman–Crippen MR) is 82.4 cm³/mol. The lowest BCUT2D eigenvalue weighted by Gasteiger charge is -2.21. The summed E-state index contributed by atoms with van der Waals surface area (Å²) in [6, 6.07) is 10.1. The van der Waals surface area contributed by atoms with E-state index in [-0.39, 0.29) is 11.2 Å². The number of nitrogens with zero attached hydrogens (tertiary/aromatic N) is 1. The van der Waals surface area contributed by atoms with E-state index in [0.29, 0.717) is 18.3 Å². The number of carbonyl (C=O) groups excluding carboxylic acids is 1. The third-order valence-corrected chi connectivity index (χ3v) is 4.44. The average molecular weight is 277 g/mol. The second kappa shape index (κ2) is 6.47. The lowest BCUT2D eigenvalue weighted by molar-refractivity contribution is -0.129. The Morgan fingerprint density at radius 3 is 2.63 bits per heavy atom. The molecule has 0 aliphatic carbocycles. The number of amides is 1. The number of rotatable bonds is 4. The van der Waals surface area contributed by atoms with Crippen LogP contribution in [0, 0.1) is 11.8 Å². The van der Waals surface area contributed by atoms with Crippen LogP contribution in [-0.2, 0) is 11.2 Å². The Morgan fingerprint density at radius 1 is 1.37 bits per heavy atom. The van der Waals surface area contributed by atoms with Crippen molar-refractivity contribution < 1.29 is 4.79 Å². The number of hydrogen-bond acceptors (Lipinski definition) is 2. The summed E-state index contributed by atoms with van der Waals surface area (Å²) in [6.45, 7) is 6.28. The molecule has 0 spiro atoms. The van der Waals surface area contributed by atoms with E-state index in [2.05, 4.69) is 38.6 Å². The maximum Gasteiger partial charge on any atom is 0.235 e. The fourth-order valence-corrected chi connectivity index (χ4v) is 3.04. The summed E-state index contributed by atoms with van der Waals surface area (Å²) in [5.41, 5.74) is 1.18. The number of carbonyl (C=O) groups is 1. The van der Waals surface area contributed by atoms with Crippen molar-refractivity contribution in [3.63, 3.8) is 0 Å². The fraction of sp³-hybridized carbons (Fsp3) is 0.562. The summed E-state index contributed by atoms with van der Waals surface area (Å²) in [5.74, 6) is 1.50. The van der Waals surface area contributed by atoms with Gasteiger partial charge in [0.1, 0.15) is 0 Å². The molecule has 2 nitrogen and oxygen atoms in total. The van der Waals surface area contributed by atoms with Crippen LogP contribution in [0.1, 0.15) is 25.8 Å². The second-order valence-electron chi connectivity index (χ2n) is 5.78. The van der Waals surface area contributed by atoms with Gasteiger partial charge in [0.2, 0.25) is 5.91 Å². The molecule has 19 heavy (non-hydrogen) atoms. The van der Waals surface area contributed by atoms with Crippen molar-refractivity contribution in [3.05, 3.63) is 35.9 Å². The summed E-state index contributed by atoms with van der Waals surface area (Å²) < 4.78 is 0. The average Bonchev–Trinajstić information content (AvgIpc) is 2.88. The minimum Gasteiger partial charge on any atom is -0.341 e. The molecule has 0 bridgehead atoms. The first-order chi connectivity index (χ1) is 9.08. The van der Waals surface area contributed by atoms with Gasteiger partial charge in [-0.3, -0.25) is 4.79 Å². The van der Waals surface area contributed by atoms with Gasteiger partial charge in [-0.05, 0) is 30.2 Å². The summed E-state index contributed by atoms with van der Waals surface area (Å²) in [5, 5.41) is -0.215. The van der Waals surface area contributed by atoms with Gasteiger partial charge in [0.25, 0.3) is 0 Å². The molecule has 0 saturated carbocycles. The van der Waals surface area contributed by atoms with Gasteiger partial charge in [-0.1, -0.05) is 44.2 Å². The molecule has 2 rings (SSSR count). The van der Waals surface area contributed by atoms with E-state index < -0.39 is 0 Å². The SMILES string of the molecule is CC(C)C1CCN(C(=O)C(S)Cc2ccccc2)C1. The monoisotopic (exact) mass is 277 g/mol. The Labute approximate surface area is 121 Å². The van der Waals surface area contributed by atoms with Crippen molar-refractivity contribution in [1.29, 1.82) is 0 Å². The molecule has 1 heterocycles. The van der Waals surface area contributed by atoms with Crippen LogP contribution in [0.4, 0.5) is 0 Å². The third kappa shape index (κ3) is 3.75. The zero-order valence-electron chi connectivity index (χ0n) is 11.7.